The maximum atomic E-state index is 12.9. The van der Waals surface area contributed by atoms with Crippen molar-refractivity contribution in [3.05, 3.63) is 59.4 Å². The average Bonchev–Trinajstić information content (AvgIpc) is 2.96. The second kappa shape index (κ2) is 6.90. The highest BCUT2D eigenvalue weighted by molar-refractivity contribution is 5.97. The summed E-state index contributed by atoms with van der Waals surface area (Å²) in [4.78, 5) is 19.3. The summed E-state index contributed by atoms with van der Waals surface area (Å²) in [7, 11) is 1.88. The third kappa shape index (κ3) is 3.21. The van der Waals surface area contributed by atoms with Crippen molar-refractivity contribution in [2.75, 3.05) is 13.1 Å². The topological polar surface area (TPSA) is 51.0 Å². The van der Waals surface area contributed by atoms with Crippen LogP contribution >= 0.6 is 0 Å². The lowest BCUT2D eigenvalue weighted by molar-refractivity contribution is 0.0690. The summed E-state index contributed by atoms with van der Waals surface area (Å²) in [5.41, 5.74) is 3.78. The van der Waals surface area contributed by atoms with E-state index >= 15 is 0 Å². The van der Waals surface area contributed by atoms with Gasteiger partial charge in [0.05, 0.1) is 11.3 Å². The molecule has 5 nitrogen and oxygen atoms in total. The fraction of sp³-hybridized carbons (Fsp3) is 0.381. The third-order valence-electron chi connectivity index (χ3n) is 5.38. The van der Waals surface area contributed by atoms with Gasteiger partial charge in [-0.15, -0.1) is 0 Å². The predicted octanol–water partition coefficient (Wildman–Crippen LogP) is 3.37. The number of fused-ring (bicyclic) bond motifs is 1. The molecule has 1 amide bonds. The van der Waals surface area contributed by atoms with Gasteiger partial charge in [-0.1, -0.05) is 30.3 Å². The number of nitrogens with zero attached hydrogens (tertiary/aromatic N) is 4. The Labute approximate surface area is 153 Å². The van der Waals surface area contributed by atoms with Gasteiger partial charge in [0.25, 0.3) is 5.91 Å². The van der Waals surface area contributed by atoms with Crippen molar-refractivity contribution < 1.29 is 4.79 Å². The molecule has 2 aromatic heterocycles. The van der Waals surface area contributed by atoms with Crippen LogP contribution in [0.2, 0.25) is 0 Å². The van der Waals surface area contributed by atoms with E-state index in [1.54, 1.807) is 10.9 Å². The largest absolute Gasteiger partial charge is 0.339 e. The van der Waals surface area contributed by atoms with Gasteiger partial charge in [-0.05, 0) is 43.7 Å². The van der Waals surface area contributed by atoms with E-state index in [2.05, 4.69) is 40.4 Å². The van der Waals surface area contributed by atoms with Crippen molar-refractivity contribution >= 4 is 16.9 Å². The smallest absolute Gasteiger partial charge is 0.255 e. The highest BCUT2D eigenvalue weighted by Gasteiger charge is 2.24. The minimum absolute atomic E-state index is 0.0841. The molecule has 0 bridgehead atoms. The minimum atomic E-state index is 0.0841. The van der Waals surface area contributed by atoms with E-state index < -0.39 is 0 Å². The summed E-state index contributed by atoms with van der Waals surface area (Å²) < 4.78 is 1.76. The molecule has 0 N–H and O–H groups in total. The van der Waals surface area contributed by atoms with Crippen LogP contribution in [0.15, 0.2) is 42.6 Å². The standard InChI is InChI=1S/C21H24N4O/c1-15-19-13-18(14-22-20(19)24(2)23-15)21(26)25-10-8-17(9-11-25)12-16-6-4-3-5-7-16/h3-7,13-14,17H,8-12H2,1-2H3. The molecular weight excluding hydrogens is 324 g/mol. The Balaban J connectivity index is 1.43. The molecule has 3 heterocycles. The lowest BCUT2D eigenvalue weighted by Crippen LogP contribution is -2.39. The molecular formula is C21H24N4O. The molecule has 0 spiro atoms. The monoisotopic (exact) mass is 348 g/mol. The van der Waals surface area contributed by atoms with Crippen molar-refractivity contribution in [2.24, 2.45) is 13.0 Å². The van der Waals surface area contributed by atoms with Crippen LogP contribution in [0, 0.1) is 12.8 Å². The number of carbonyl (C=O) groups excluding carboxylic acids is 1. The van der Waals surface area contributed by atoms with Crippen LogP contribution in [0.4, 0.5) is 0 Å². The molecule has 0 saturated carbocycles. The Hall–Kier alpha value is -2.69. The van der Waals surface area contributed by atoms with Crippen LogP contribution in [-0.4, -0.2) is 38.7 Å². The molecule has 1 aliphatic rings. The number of likely N-dealkylation sites (tertiary alicyclic amines) is 1. The minimum Gasteiger partial charge on any atom is -0.339 e. The zero-order chi connectivity index (χ0) is 18.1. The van der Waals surface area contributed by atoms with Crippen LogP contribution in [-0.2, 0) is 13.5 Å². The number of amides is 1. The Morgan fingerprint density at radius 2 is 1.92 bits per heavy atom. The SMILES string of the molecule is Cc1nn(C)c2ncc(C(=O)N3CCC(Cc4ccccc4)CC3)cc12. The van der Waals surface area contributed by atoms with Crippen molar-refractivity contribution in [3.8, 4) is 0 Å². The predicted molar refractivity (Wildman–Crippen MR) is 102 cm³/mol. The molecule has 0 unspecified atom stereocenters. The first-order valence-corrected chi connectivity index (χ1v) is 9.24. The Bertz CT molecular complexity index is 924. The first kappa shape index (κ1) is 16.8. The molecule has 4 rings (SSSR count). The van der Waals surface area contributed by atoms with Crippen LogP contribution in [0.3, 0.4) is 0 Å². The summed E-state index contributed by atoms with van der Waals surface area (Å²) in [5, 5.41) is 5.34. The summed E-state index contributed by atoms with van der Waals surface area (Å²) in [6.07, 6.45) is 4.90. The average molecular weight is 348 g/mol. The maximum absolute atomic E-state index is 12.9. The molecule has 0 atom stereocenters. The number of pyridine rings is 1. The molecule has 1 aliphatic heterocycles. The number of aryl methyl sites for hydroxylation is 2. The molecule has 134 valence electrons. The van der Waals surface area contributed by atoms with E-state index in [0.29, 0.717) is 11.5 Å². The highest BCUT2D eigenvalue weighted by atomic mass is 16.2. The Morgan fingerprint density at radius 3 is 2.65 bits per heavy atom. The van der Waals surface area contributed by atoms with Gasteiger partial charge in [-0.25, -0.2) is 4.98 Å². The van der Waals surface area contributed by atoms with E-state index in [0.717, 1.165) is 49.1 Å². The summed E-state index contributed by atoms with van der Waals surface area (Å²) in [6.45, 7) is 3.59. The van der Waals surface area contributed by atoms with Crippen LogP contribution < -0.4 is 0 Å². The number of hydrogen-bond acceptors (Lipinski definition) is 3. The number of piperidine rings is 1. The molecule has 0 radical (unpaired) electrons. The lowest BCUT2D eigenvalue weighted by atomic mass is 9.90. The van der Waals surface area contributed by atoms with Gasteiger partial charge in [-0.2, -0.15) is 5.10 Å². The molecule has 1 aromatic carbocycles. The van der Waals surface area contributed by atoms with Gasteiger partial charge in [0.15, 0.2) is 5.65 Å². The van der Waals surface area contributed by atoms with Crippen LogP contribution in [0.25, 0.3) is 11.0 Å². The third-order valence-corrected chi connectivity index (χ3v) is 5.38. The lowest BCUT2D eigenvalue weighted by Gasteiger charge is -2.32. The number of aromatic nitrogens is 3. The van der Waals surface area contributed by atoms with E-state index in [-0.39, 0.29) is 5.91 Å². The molecule has 26 heavy (non-hydrogen) atoms. The summed E-state index contributed by atoms with van der Waals surface area (Å²) in [6, 6.07) is 12.6. The molecule has 1 saturated heterocycles. The maximum Gasteiger partial charge on any atom is 0.255 e. The van der Waals surface area contributed by atoms with Gasteiger partial charge in [0.1, 0.15) is 0 Å². The molecule has 5 heteroatoms. The van der Waals surface area contributed by atoms with Gasteiger partial charge in [-0.3, -0.25) is 9.48 Å². The number of hydrogen-bond donors (Lipinski definition) is 0. The first-order valence-electron chi connectivity index (χ1n) is 9.24. The number of carbonyl (C=O) groups is 1. The van der Waals surface area contributed by atoms with Crippen LogP contribution in [0.1, 0.15) is 34.5 Å². The zero-order valence-corrected chi connectivity index (χ0v) is 15.4. The van der Waals surface area contributed by atoms with Gasteiger partial charge >= 0.3 is 0 Å². The first-order chi connectivity index (χ1) is 12.6. The van der Waals surface area contributed by atoms with Crippen LogP contribution in [0.5, 0.6) is 0 Å². The van der Waals surface area contributed by atoms with E-state index in [1.807, 2.05) is 24.9 Å². The van der Waals surface area contributed by atoms with Gasteiger partial charge in [0.2, 0.25) is 0 Å². The van der Waals surface area contributed by atoms with Gasteiger partial charge < -0.3 is 4.90 Å². The zero-order valence-electron chi connectivity index (χ0n) is 15.4. The van der Waals surface area contributed by atoms with E-state index in [4.69, 9.17) is 0 Å². The van der Waals surface area contributed by atoms with E-state index in [1.165, 1.54) is 5.56 Å². The molecule has 3 aromatic rings. The van der Waals surface area contributed by atoms with Crippen molar-refractivity contribution in [2.45, 2.75) is 26.2 Å². The normalized spacial score (nSPS) is 15.5. The summed E-state index contributed by atoms with van der Waals surface area (Å²) >= 11 is 0. The number of rotatable bonds is 3. The number of benzene rings is 1. The second-order valence-corrected chi connectivity index (χ2v) is 7.23. The van der Waals surface area contributed by atoms with Gasteiger partial charge in [0, 0.05) is 31.7 Å². The quantitative estimate of drug-likeness (QED) is 0.729. The Morgan fingerprint density at radius 1 is 1.19 bits per heavy atom. The fourth-order valence-corrected chi connectivity index (χ4v) is 3.90. The fourth-order valence-electron chi connectivity index (χ4n) is 3.90. The molecule has 1 fully saturated rings. The van der Waals surface area contributed by atoms with Crippen molar-refractivity contribution in [3.63, 3.8) is 0 Å². The summed E-state index contributed by atoms with van der Waals surface area (Å²) in [5.74, 6) is 0.739. The van der Waals surface area contributed by atoms with Crippen molar-refractivity contribution in [1.29, 1.82) is 0 Å². The highest BCUT2D eigenvalue weighted by Crippen LogP contribution is 2.24. The van der Waals surface area contributed by atoms with Crippen molar-refractivity contribution in [1.82, 2.24) is 19.7 Å². The second-order valence-electron chi connectivity index (χ2n) is 7.23. The van der Waals surface area contributed by atoms with E-state index in [9.17, 15) is 4.79 Å². The Kier molecular flexibility index (Phi) is 4.45. The molecule has 0 aliphatic carbocycles.